The fourth-order valence-corrected chi connectivity index (χ4v) is 4.40. The van der Waals surface area contributed by atoms with Crippen LogP contribution < -0.4 is 15.4 Å². The van der Waals surface area contributed by atoms with Gasteiger partial charge in [-0.2, -0.15) is 0 Å². The number of benzene rings is 1. The lowest BCUT2D eigenvalue weighted by Crippen LogP contribution is -2.53. The molecule has 35 heavy (non-hydrogen) atoms. The fourth-order valence-electron chi connectivity index (χ4n) is 3.53. The standard InChI is InChI=1S/C27H38N2O5S/c1-5-6-12-23(25(30)18-35-17-22-11-8-13-33-22)29-27(32)24(14-19(2)3)28-26(31)16-34-21-10-7-9-20(4)15-21/h7-11,13,15,19,23-24H,5-6,12,14,16-18H2,1-4H3,(H,28,31)(H,29,32)/t23-,24-/m0/s1. The van der Waals surface area contributed by atoms with Gasteiger partial charge in [0.25, 0.3) is 5.91 Å². The molecule has 1 aromatic heterocycles. The van der Waals surface area contributed by atoms with E-state index in [9.17, 15) is 14.4 Å². The van der Waals surface area contributed by atoms with Gasteiger partial charge in [-0.05, 0) is 55.5 Å². The predicted octanol–water partition coefficient (Wildman–Crippen LogP) is 4.68. The van der Waals surface area contributed by atoms with Gasteiger partial charge in [0, 0.05) is 0 Å². The van der Waals surface area contributed by atoms with Gasteiger partial charge in [-0.1, -0.05) is 45.7 Å². The van der Waals surface area contributed by atoms with Crippen LogP contribution in [0, 0.1) is 12.8 Å². The first-order valence-electron chi connectivity index (χ1n) is 12.2. The summed E-state index contributed by atoms with van der Waals surface area (Å²) in [6, 6.07) is 9.80. The van der Waals surface area contributed by atoms with E-state index in [4.69, 9.17) is 9.15 Å². The third kappa shape index (κ3) is 11.0. The molecule has 7 nitrogen and oxygen atoms in total. The van der Waals surface area contributed by atoms with Gasteiger partial charge in [0.2, 0.25) is 5.91 Å². The van der Waals surface area contributed by atoms with Crippen molar-refractivity contribution in [3.8, 4) is 5.75 Å². The minimum atomic E-state index is -0.740. The zero-order chi connectivity index (χ0) is 25.6. The van der Waals surface area contributed by atoms with Crippen LogP contribution in [-0.2, 0) is 20.1 Å². The molecule has 2 rings (SSSR count). The average Bonchev–Trinajstić information content (AvgIpc) is 3.33. The Morgan fingerprint density at radius 1 is 1.09 bits per heavy atom. The summed E-state index contributed by atoms with van der Waals surface area (Å²) < 4.78 is 10.9. The van der Waals surface area contributed by atoms with E-state index >= 15 is 0 Å². The summed E-state index contributed by atoms with van der Waals surface area (Å²) >= 11 is 1.46. The number of ketones is 1. The van der Waals surface area contributed by atoms with Crippen molar-refractivity contribution < 1.29 is 23.5 Å². The lowest BCUT2D eigenvalue weighted by Gasteiger charge is -2.24. The second-order valence-corrected chi connectivity index (χ2v) is 10.1. The summed E-state index contributed by atoms with van der Waals surface area (Å²) in [6.45, 7) is 7.78. The van der Waals surface area contributed by atoms with Crippen molar-refractivity contribution in [2.24, 2.45) is 5.92 Å². The van der Waals surface area contributed by atoms with E-state index in [2.05, 4.69) is 10.6 Å². The molecule has 8 heteroatoms. The molecule has 0 aliphatic carbocycles. The number of amides is 2. The topological polar surface area (TPSA) is 97.6 Å². The van der Waals surface area contributed by atoms with Gasteiger partial charge in [-0.15, -0.1) is 11.8 Å². The second-order valence-electron chi connectivity index (χ2n) is 9.10. The lowest BCUT2D eigenvalue weighted by molar-refractivity contribution is -0.132. The lowest BCUT2D eigenvalue weighted by atomic mass is 10.0. The Morgan fingerprint density at radius 2 is 1.89 bits per heavy atom. The average molecular weight is 503 g/mol. The van der Waals surface area contributed by atoms with Crippen LogP contribution in [0.3, 0.4) is 0 Å². The molecule has 0 radical (unpaired) electrons. The number of unbranched alkanes of at least 4 members (excludes halogenated alkanes) is 1. The van der Waals surface area contributed by atoms with Gasteiger partial charge in [-0.3, -0.25) is 14.4 Å². The smallest absolute Gasteiger partial charge is 0.258 e. The van der Waals surface area contributed by atoms with Crippen LogP contribution in [0.2, 0.25) is 0 Å². The number of thioether (sulfide) groups is 1. The number of furan rings is 1. The van der Waals surface area contributed by atoms with E-state index in [1.54, 1.807) is 12.3 Å². The highest BCUT2D eigenvalue weighted by molar-refractivity contribution is 7.99. The van der Waals surface area contributed by atoms with Gasteiger partial charge in [0.15, 0.2) is 12.4 Å². The molecule has 192 valence electrons. The number of aryl methyl sites for hydroxylation is 1. The van der Waals surface area contributed by atoms with Crippen molar-refractivity contribution in [3.63, 3.8) is 0 Å². The highest BCUT2D eigenvalue weighted by atomic mass is 32.2. The molecule has 2 N–H and O–H groups in total. The molecule has 1 heterocycles. The van der Waals surface area contributed by atoms with E-state index in [0.29, 0.717) is 24.3 Å². The monoisotopic (exact) mass is 502 g/mol. The minimum absolute atomic E-state index is 0.0271. The summed E-state index contributed by atoms with van der Waals surface area (Å²) in [5.74, 6) is 1.72. The zero-order valence-electron chi connectivity index (χ0n) is 21.2. The van der Waals surface area contributed by atoms with Crippen LogP contribution in [0.5, 0.6) is 5.75 Å². The summed E-state index contributed by atoms with van der Waals surface area (Å²) in [6.07, 6.45) is 4.38. The fraction of sp³-hybridized carbons (Fsp3) is 0.519. The Balaban J connectivity index is 1.94. The molecular weight excluding hydrogens is 464 g/mol. The van der Waals surface area contributed by atoms with Crippen molar-refractivity contribution in [1.82, 2.24) is 10.6 Å². The molecule has 1 aromatic carbocycles. The number of carbonyl (C=O) groups excluding carboxylic acids is 3. The number of carbonyl (C=O) groups is 3. The molecule has 0 unspecified atom stereocenters. The number of nitrogens with one attached hydrogen (secondary N) is 2. The zero-order valence-corrected chi connectivity index (χ0v) is 22.0. The second kappa shape index (κ2) is 15.3. The van der Waals surface area contributed by atoms with Crippen LogP contribution in [0.25, 0.3) is 0 Å². The van der Waals surface area contributed by atoms with Gasteiger partial charge >= 0.3 is 0 Å². The summed E-state index contributed by atoms with van der Waals surface area (Å²) in [5.41, 5.74) is 1.03. The highest BCUT2D eigenvalue weighted by Gasteiger charge is 2.27. The van der Waals surface area contributed by atoms with E-state index < -0.39 is 12.1 Å². The molecule has 0 aliphatic heterocycles. The van der Waals surface area contributed by atoms with Crippen molar-refractivity contribution in [2.75, 3.05) is 12.4 Å². The molecule has 0 bridgehead atoms. The quantitative estimate of drug-likeness (QED) is 0.346. The first kappa shape index (κ1) is 28.5. The number of hydrogen-bond donors (Lipinski definition) is 2. The number of Topliss-reactive ketones (excluding diaryl/α,β-unsaturated/α-hetero) is 1. The highest BCUT2D eigenvalue weighted by Crippen LogP contribution is 2.15. The molecule has 0 saturated carbocycles. The summed E-state index contributed by atoms with van der Waals surface area (Å²) in [7, 11) is 0. The van der Waals surface area contributed by atoms with Crippen LogP contribution in [-0.4, -0.2) is 42.0 Å². The van der Waals surface area contributed by atoms with Crippen molar-refractivity contribution >= 4 is 29.4 Å². The summed E-state index contributed by atoms with van der Waals surface area (Å²) in [5, 5.41) is 5.70. The Hall–Kier alpha value is -2.74. The maximum absolute atomic E-state index is 13.1. The maximum atomic E-state index is 13.1. The number of rotatable bonds is 16. The van der Waals surface area contributed by atoms with Gasteiger partial charge in [0.1, 0.15) is 17.6 Å². The summed E-state index contributed by atoms with van der Waals surface area (Å²) in [4.78, 5) is 38.6. The Bertz CT molecular complexity index is 929. The van der Waals surface area contributed by atoms with E-state index in [1.165, 1.54) is 11.8 Å². The normalized spacial score (nSPS) is 12.7. The molecule has 0 saturated heterocycles. The Kier molecular flexibility index (Phi) is 12.5. The van der Waals surface area contributed by atoms with Gasteiger partial charge in [0.05, 0.1) is 23.8 Å². The Labute approximate surface area is 212 Å². The molecule has 0 fully saturated rings. The predicted molar refractivity (Wildman–Crippen MR) is 139 cm³/mol. The number of ether oxygens (including phenoxy) is 1. The largest absolute Gasteiger partial charge is 0.484 e. The molecule has 2 aromatic rings. The molecule has 2 atom stereocenters. The Morgan fingerprint density at radius 3 is 2.54 bits per heavy atom. The van der Waals surface area contributed by atoms with Gasteiger partial charge < -0.3 is 19.8 Å². The third-order valence-electron chi connectivity index (χ3n) is 5.34. The van der Waals surface area contributed by atoms with E-state index in [1.807, 2.05) is 58.0 Å². The molecule has 0 aliphatic rings. The molecule has 0 spiro atoms. The third-order valence-corrected chi connectivity index (χ3v) is 6.32. The van der Waals surface area contributed by atoms with Gasteiger partial charge in [-0.25, -0.2) is 0 Å². The maximum Gasteiger partial charge on any atom is 0.258 e. The van der Waals surface area contributed by atoms with Crippen molar-refractivity contribution in [3.05, 3.63) is 54.0 Å². The van der Waals surface area contributed by atoms with Crippen LogP contribution in [0.4, 0.5) is 0 Å². The van der Waals surface area contributed by atoms with Crippen LogP contribution >= 0.6 is 11.8 Å². The van der Waals surface area contributed by atoms with Crippen molar-refractivity contribution in [1.29, 1.82) is 0 Å². The first-order valence-corrected chi connectivity index (χ1v) is 13.4. The first-order chi connectivity index (χ1) is 16.8. The molecule has 2 amide bonds. The molecular formula is C27H38N2O5S. The minimum Gasteiger partial charge on any atom is -0.484 e. The van der Waals surface area contributed by atoms with E-state index in [0.717, 1.165) is 24.2 Å². The van der Waals surface area contributed by atoms with Crippen LogP contribution in [0.1, 0.15) is 57.8 Å². The van der Waals surface area contributed by atoms with Crippen LogP contribution in [0.15, 0.2) is 47.1 Å². The SMILES string of the molecule is CCCC[C@H](NC(=O)[C@H](CC(C)C)NC(=O)COc1cccc(C)c1)C(=O)CSCc1ccco1. The van der Waals surface area contributed by atoms with E-state index in [-0.39, 0.29) is 35.9 Å². The van der Waals surface area contributed by atoms with Crippen molar-refractivity contribution in [2.45, 2.75) is 71.2 Å². The number of hydrogen-bond acceptors (Lipinski definition) is 6.